The molecule has 0 saturated heterocycles. The van der Waals surface area contributed by atoms with Crippen molar-refractivity contribution >= 4 is 65.4 Å². The first-order chi connectivity index (χ1) is 18.9. The van der Waals surface area contributed by atoms with Crippen molar-refractivity contribution in [3.63, 3.8) is 0 Å². The number of rotatable bonds is 9. The number of esters is 1. The van der Waals surface area contributed by atoms with E-state index in [9.17, 15) is 56.2 Å². The molecule has 0 saturated carbocycles. The first-order valence-electron chi connectivity index (χ1n) is 11.3. The molecule has 2 aromatic rings. The Morgan fingerprint density at radius 2 is 1.19 bits per heavy atom. The van der Waals surface area contributed by atoms with Crippen LogP contribution in [0.1, 0.15) is 48.4 Å². The topological polar surface area (TPSA) is 232 Å². The smallest absolute Gasteiger partial charge is 0.325 e. The predicted octanol–water partition coefficient (Wildman–Crippen LogP) is 3.11. The Kier molecular flexibility index (Phi) is 11.3. The van der Waals surface area contributed by atoms with E-state index in [2.05, 4.69) is 0 Å². The SMILES string of the molecule is CC(=O)C(C(=O)OC(C)(C)C)C(=O)c1ccc(S(C)(=O)=O)cc1[N+](=O)[O-].CS(=O)(=O)c1ccc(C(=O)Cl)c([N+](=O)[O-])c1. The Morgan fingerprint density at radius 1 is 0.810 bits per heavy atom. The predicted molar refractivity (Wildman–Crippen MR) is 147 cm³/mol. The van der Waals surface area contributed by atoms with Crippen LogP contribution in [-0.2, 0) is 34.0 Å². The summed E-state index contributed by atoms with van der Waals surface area (Å²) in [4.78, 5) is 66.9. The lowest BCUT2D eigenvalue weighted by Gasteiger charge is -2.22. The van der Waals surface area contributed by atoms with Gasteiger partial charge in [-0.25, -0.2) is 16.8 Å². The van der Waals surface area contributed by atoms with E-state index < -0.39 is 80.8 Å². The standard InChI is InChI=1S/C16H19NO8S.C8H6ClNO5S/c1-9(18)13(15(20)25-16(2,3)4)14(19)11-7-6-10(26(5,23)24)8-12(11)17(21)22;1-16(14,15)5-2-3-6(8(9)11)7(4-5)10(12)13/h6-8,13H,1-5H3;2-4H,1H3. The van der Waals surface area contributed by atoms with Crippen LogP contribution in [0.5, 0.6) is 0 Å². The Balaban J connectivity index is 0.000000470. The van der Waals surface area contributed by atoms with Crippen LogP contribution in [0.3, 0.4) is 0 Å². The second kappa shape index (κ2) is 13.3. The van der Waals surface area contributed by atoms with E-state index in [1.54, 1.807) is 0 Å². The highest BCUT2D eigenvalue weighted by Gasteiger charge is 2.38. The quantitative estimate of drug-likeness (QED) is 0.0950. The van der Waals surface area contributed by atoms with E-state index in [1.807, 2.05) is 0 Å². The first kappa shape index (κ1) is 35.9. The molecule has 18 heteroatoms. The molecule has 0 N–H and O–H groups in total. The van der Waals surface area contributed by atoms with Crippen LogP contribution in [0.4, 0.5) is 11.4 Å². The molecule has 42 heavy (non-hydrogen) atoms. The largest absolute Gasteiger partial charge is 0.459 e. The Bertz CT molecular complexity index is 1690. The van der Waals surface area contributed by atoms with Crippen LogP contribution in [0.15, 0.2) is 46.2 Å². The molecule has 0 aliphatic carbocycles. The molecule has 2 rings (SSSR count). The third-order valence-corrected chi connectivity index (χ3v) is 7.40. The molecule has 2 aromatic carbocycles. The van der Waals surface area contributed by atoms with Crippen LogP contribution in [0.25, 0.3) is 0 Å². The monoisotopic (exact) mass is 648 g/mol. The van der Waals surface area contributed by atoms with E-state index in [-0.39, 0.29) is 15.4 Å². The number of hydrogen-bond donors (Lipinski definition) is 0. The van der Waals surface area contributed by atoms with Crippen molar-refractivity contribution in [2.75, 3.05) is 12.5 Å². The lowest BCUT2D eigenvalue weighted by molar-refractivity contribution is -0.385. The summed E-state index contributed by atoms with van der Waals surface area (Å²) in [5, 5.41) is 20.9. The highest BCUT2D eigenvalue weighted by Crippen LogP contribution is 2.27. The van der Waals surface area contributed by atoms with Gasteiger partial charge in [-0.05, 0) is 63.6 Å². The summed E-state index contributed by atoms with van der Waals surface area (Å²) < 4.78 is 50.5. The van der Waals surface area contributed by atoms with Gasteiger partial charge in [0, 0.05) is 24.6 Å². The maximum atomic E-state index is 12.6. The molecular formula is C24H25ClN2O13S2. The molecule has 0 heterocycles. The van der Waals surface area contributed by atoms with Gasteiger partial charge in [0.25, 0.3) is 16.6 Å². The van der Waals surface area contributed by atoms with Crippen LogP contribution >= 0.6 is 11.6 Å². The third kappa shape index (κ3) is 9.78. The summed E-state index contributed by atoms with van der Waals surface area (Å²) in [7, 11) is -7.31. The number of carbonyl (C=O) groups excluding carboxylic acids is 4. The van der Waals surface area contributed by atoms with Gasteiger partial charge < -0.3 is 4.74 Å². The van der Waals surface area contributed by atoms with Crippen molar-refractivity contribution in [2.45, 2.75) is 43.1 Å². The van der Waals surface area contributed by atoms with E-state index in [0.717, 1.165) is 55.8 Å². The van der Waals surface area contributed by atoms with Gasteiger partial charge in [-0.1, -0.05) is 0 Å². The van der Waals surface area contributed by atoms with Gasteiger partial charge in [0.1, 0.15) is 11.2 Å². The number of nitrogens with zero attached hydrogens (tertiary/aromatic N) is 2. The summed E-state index contributed by atoms with van der Waals surface area (Å²) in [5.74, 6) is -4.97. The minimum atomic E-state index is -3.75. The fourth-order valence-electron chi connectivity index (χ4n) is 3.13. The molecule has 0 aliphatic rings. The van der Waals surface area contributed by atoms with Gasteiger partial charge in [0.05, 0.1) is 25.2 Å². The molecule has 0 radical (unpaired) electrons. The minimum absolute atomic E-state index is 0.235. The second-order valence-electron chi connectivity index (χ2n) is 9.63. The average Bonchev–Trinajstić information content (AvgIpc) is 2.81. The molecule has 0 fully saturated rings. The molecule has 1 atom stereocenters. The summed E-state index contributed by atoms with van der Waals surface area (Å²) in [6.45, 7) is 5.60. The lowest BCUT2D eigenvalue weighted by Crippen LogP contribution is -2.37. The minimum Gasteiger partial charge on any atom is -0.459 e. The number of nitro benzene ring substituents is 2. The van der Waals surface area contributed by atoms with Crippen molar-refractivity contribution in [1.29, 1.82) is 0 Å². The number of sulfone groups is 2. The first-order valence-corrected chi connectivity index (χ1v) is 15.5. The normalized spacial score (nSPS) is 12.3. The highest BCUT2D eigenvalue weighted by atomic mass is 35.5. The zero-order valence-electron chi connectivity index (χ0n) is 22.9. The van der Waals surface area contributed by atoms with Crippen molar-refractivity contribution < 1.29 is 50.6 Å². The summed E-state index contributed by atoms with van der Waals surface area (Å²) in [5.41, 5.74) is -3.29. The number of Topliss-reactive ketones (excluding diaryl/α,β-unsaturated/α-hetero) is 2. The highest BCUT2D eigenvalue weighted by molar-refractivity contribution is 7.91. The van der Waals surface area contributed by atoms with E-state index in [1.165, 1.54) is 20.8 Å². The number of carbonyl (C=O) groups is 4. The van der Waals surface area contributed by atoms with Crippen LogP contribution in [0.2, 0.25) is 0 Å². The van der Waals surface area contributed by atoms with Gasteiger partial charge >= 0.3 is 5.97 Å². The third-order valence-electron chi connectivity index (χ3n) is 4.98. The molecule has 15 nitrogen and oxygen atoms in total. The number of halogens is 1. The molecule has 0 bridgehead atoms. The molecule has 0 aromatic heterocycles. The van der Waals surface area contributed by atoms with E-state index in [0.29, 0.717) is 0 Å². The van der Waals surface area contributed by atoms with Crippen LogP contribution in [0, 0.1) is 26.1 Å². The molecule has 0 aliphatic heterocycles. The Labute approximate surface area is 244 Å². The zero-order chi connectivity index (χ0) is 33.0. The zero-order valence-corrected chi connectivity index (χ0v) is 25.3. The van der Waals surface area contributed by atoms with E-state index in [4.69, 9.17) is 16.3 Å². The summed E-state index contributed by atoms with van der Waals surface area (Å²) >= 11 is 5.13. The van der Waals surface area contributed by atoms with E-state index >= 15 is 0 Å². The average molecular weight is 649 g/mol. The van der Waals surface area contributed by atoms with Crippen LogP contribution in [-0.4, -0.2) is 67.6 Å². The molecule has 1 unspecified atom stereocenters. The molecule has 0 amide bonds. The number of ketones is 2. The van der Waals surface area contributed by atoms with Gasteiger partial charge in [0.15, 0.2) is 37.2 Å². The van der Waals surface area contributed by atoms with Crippen molar-refractivity contribution in [1.82, 2.24) is 0 Å². The second-order valence-corrected chi connectivity index (χ2v) is 14.0. The van der Waals surface area contributed by atoms with Crippen molar-refractivity contribution in [2.24, 2.45) is 5.92 Å². The molecule has 228 valence electrons. The van der Waals surface area contributed by atoms with Gasteiger partial charge in [-0.2, -0.15) is 0 Å². The maximum Gasteiger partial charge on any atom is 0.325 e. The van der Waals surface area contributed by atoms with Crippen LogP contribution < -0.4 is 0 Å². The van der Waals surface area contributed by atoms with Gasteiger partial charge in [0.2, 0.25) is 0 Å². The number of nitro groups is 2. The number of ether oxygens (including phenoxy) is 1. The number of benzene rings is 2. The van der Waals surface area contributed by atoms with Crippen molar-refractivity contribution in [3.05, 3.63) is 67.8 Å². The van der Waals surface area contributed by atoms with Gasteiger partial charge in [-0.15, -0.1) is 0 Å². The Morgan fingerprint density at radius 3 is 1.50 bits per heavy atom. The van der Waals surface area contributed by atoms with Gasteiger partial charge in [-0.3, -0.25) is 39.4 Å². The van der Waals surface area contributed by atoms with Crippen molar-refractivity contribution in [3.8, 4) is 0 Å². The lowest BCUT2D eigenvalue weighted by atomic mass is 9.93. The maximum absolute atomic E-state index is 12.6. The fourth-order valence-corrected chi connectivity index (χ4v) is 4.58. The summed E-state index contributed by atoms with van der Waals surface area (Å²) in [6.07, 6.45) is 1.76. The number of hydrogen-bond acceptors (Lipinski definition) is 13. The molecule has 0 spiro atoms. The Hall–Kier alpha value is -4.09. The molecular weight excluding hydrogens is 624 g/mol. The fraction of sp³-hybridized carbons (Fsp3) is 0.333. The summed E-state index contributed by atoms with van der Waals surface area (Å²) in [6, 6.07) is 5.56.